The highest BCUT2D eigenvalue weighted by Gasteiger charge is 2.21. The Morgan fingerprint density at radius 1 is 1.33 bits per heavy atom. The van der Waals surface area contributed by atoms with E-state index >= 15 is 0 Å². The number of para-hydroxylation sites is 2. The molecule has 3 rings (SSSR count). The molecule has 0 aromatic heterocycles. The summed E-state index contributed by atoms with van der Waals surface area (Å²) in [5.74, 6) is 1.30. The molecule has 6 heteroatoms. The molecule has 1 amide bonds. The Morgan fingerprint density at radius 2 is 2.17 bits per heavy atom. The predicted octanol–water partition coefficient (Wildman–Crippen LogP) is 2.50. The van der Waals surface area contributed by atoms with Gasteiger partial charge in [-0.25, -0.2) is 0 Å². The average molecular weight is 327 g/mol. The first kappa shape index (κ1) is 16.0. The summed E-state index contributed by atoms with van der Waals surface area (Å²) < 4.78 is 11.1. The average Bonchev–Trinajstić information content (AvgIpc) is 2.57. The van der Waals surface area contributed by atoms with Gasteiger partial charge in [0.15, 0.2) is 0 Å². The molecule has 0 bridgehead atoms. The third-order valence-corrected chi connectivity index (χ3v) is 3.74. The summed E-state index contributed by atoms with van der Waals surface area (Å²) in [6.07, 6.45) is 0. The molecule has 6 nitrogen and oxygen atoms in total. The smallest absolute Gasteiger partial charge is 0.243 e. The number of nitrogen functional groups attached to an aromatic ring is 1. The quantitative estimate of drug-likeness (QED) is 0.825. The fourth-order valence-electron chi connectivity index (χ4n) is 2.67. The lowest BCUT2D eigenvalue weighted by molar-refractivity contribution is -0.115. The molecule has 0 saturated carbocycles. The van der Waals surface area contributed by atoms with Gasteiger partial charge in [0.05, 0.1) is 31.1 Å². The second-order valence-electron chi connectivity index (χ2n) is 5.47. The van der Waals surface area contributed by atoms with Crippen LogP contribution >= 0.6 is 0 Å². The molecule has 126 valence electrons. The lowest BCUT2D eigenvalue weighted by Gasteiger charge is -2.31. The van der Waals surface area contributed by atoms with Gasteiger partial charge in [-0.15, -0.1) is 0 Å². The number of nitrogens with one attached hydrogen (secondary N) is 1. The van der Waals surface area contributed by atoms with Crippen LogP contribution in [0.4, 0.5) is 17.1 Å². The van der Waals surface area contributed by atoms with Crippen LogP contribution < -0.4 is 25.4 Å². The number of carbonyl (C=O) groups excluding carboxylic acids is 1. The van der Waals surface area contributed by atoms with Crippen molar-refractivity contribution in [3.63, 3.8) is 0 Å². The third-order valence-electron chi connectivity index (χ3n) is 3.74. The van der Waals surface area contributed by atoms with E-state index in [0.29, 0.717) is 36.9 Å². The number of hydrogen-bond donors (Lipinski definition) is 2. The van der Waals surface area contributed by atoms with Gasteiger partial charge in [0.2, 0.25) is 5.91 Å². The van der Waals surface area contributed by atoms with Crippen molar-refractivity contribution in [1.82, 2.24) is 0 Å². The number of anilines is 3. The Morgan fingerprint density at radius 3 is 3.00 bits per heavy atom. The van der Waals surface area contributed by atoms with E-state index in [4.69, 9.17) is 15.2 Å². The lowest BCUT2D eigenvalue weighted by atomic mass is 10.2. The van der Waals surface area contributed by atoms with Gasteiger partial charge in [-0.2, -0.15) is 0 Å². The second kappa shape index (κ2) is 7.12. The first-order chi connectivity index (χ1) is 11.7. The fourth-order valence-corrected chi connectivity index (χ4v) is 2.67. The molecule has 2 aromatic carbocycles. The fraction of sp³-hybridized carbons (Fsp3) is 0.278. The van der Waals surface area contributed by atoms with Crippen molar-refractivity contribution in [1.29, 1.82) is 0 Å². The van der Waals surface area contributed by atoms with Crippen molar-refractivity contribution >= 4 is 23.0 Å². The SMILES string of the molecule is CCOc1ccccc1NC(=O)CN1CCOc2ccc(N)cc21. The van der Waals surface area contributed by atoms with E-state index in [-0.39, 0.29) is 12.5 Å². The van der Waals surface area contributed by atoms with E-state index in [2.05, 4.69) is 5.32 Å². The molecule has 0 atom stereocenters. The van der Waals surface area contributed by atoms with Crippen molar-refractivity contribution in [3.05, 3.63) is 42.5 Å². The maximum atomic E-state index is 12.5. The number of nitrogens with zero attached hydrogens (tertiary/aromatic N) is 1. The maximum Gasteiger partial charge on any atom is 0.243 e. The minimum absolute atomic E-state index is 0.113. The molecule has 1 heterocycles. The summed E-state index contributed by atoms with van der Waals surface area (Å²) >= 11 is 0. The standard InChI is InChI=1S/C18H21N3O3/c1-2-23-16-6-4-3-5-14(16)20-18(22)12-21-9-10-24-17-8-7-13(19)11-15(17)21/h3-8,11H,2,9-10,12,19H2,1H3,(H,20,22). The normalized spacial score (nSPS) is 13.0. The van der Waals surface area contributed by atoms with Crippen molar-refractivity contribution in [2.24, 2.45) is 0 Å². The van der Waals surface area contributed by atoms with E-state index in [9.17, 15) is 4.79 Å². The predicted molar refractivity (Wildman–Crippen MR) is 94.8 cm³/mol. The topological polar surface area (TPSA) is 76.8 Å². The number of carbonyl (C=O) groups is 1. The zero-order valence-corrected chi connectivity index (χ0v) is 13.6. The van der Waals surface area contributed by atoms with Crippen LogP contribution in [-0.2, 0) is 4.79 Å². The van der Waals surface area contributed by atoms with Gasteiger partial charge in [-0.1, -0.05) is 12.1 Å². The summed E-state index contributed by atoms with van der Waals surface area (Å²) in [7, 11) is 0. The molecule has 1 aliphatic heterocycles. The number of ether oxygens (including phenoxy) is 2. The Balaban J connectivity index is 1.72. The molecule has 0 aliphatic carbocycles. The summed E-state index contributed by atoms with van der Waals surface area (Å²) in [6.45, 7) is 3.85. The summed E-state index contributed by atoms with van der Waals surface area (Å²) in [5.41, 5.74) is 8.01. The molecule has 0 unspecified atom stereocenters. The molecule has 0 fully saturated rings. The molecular formula is C18H21N3O3. The maximum absolute atomic E-state index is 12.5. The highest BCUT2D eigenvalue weighted by Crippen LogP contribution is 2.33. The minimum Gasteiger partial charge on any atom is -0.492 e. The highest BCUT2D eigenvalue weighted by molar-refractivity contribution is 5.95. The van der Waals surface area contributed by atoms with Crippen molar-refractivity contribution < 1.29 is 14.3 Å². The van der Waals surface area contributed by atoms with Gasteiger partial charge in [-0.3, -0.25) is 4.79 Å². The Labute approximate surface area is 141 Å². The summed E-state index contributed by atoms with van der Waals surface area (Å²) in [5, 5.41) is 2.91. The molecule has 0 spiro atoms. The van der Waals surface area contributed by atoms with Gasteiger partial charge in [0.1, 0.15) is 18.1 Å². The number of fused-ring (bicyclic) bond motifs is 1. The van der Waals surface area contributed by atoms with Crippen LogP contribution in [0.2, 0.25) is 0 Å². The van der Waals surface area contributed by atoms with Crippen LogP contribution in [0.15, 0.2) is 42.5 Å². The van der Waals surface area contributed by atoms with Crippen LogP contribution in [0.1, 0.15) is 6.92 Å². The van der Waals surface area contributed by atoms with Gasteiger partial charge >= 0.3 is 0 Å². The lowest BCUT2D eigenvalue weighted by Crippen LogP contribution is -2.38. The summed E-state index contributed by atoms with van der Waals surface area (Å²) in [6, 6.07) is 12.9. The minimum atomic E-state index is -0.113. The largest absolute Gasteiger partial charge is 0.492 e. The van der Waals surface area contributed by atoms with E-state index in [1.807, 2.05) is 48.2 Å². The van der Waals surface area contributed by atoms with Crippen LogP contribution in [-0.4, -0.2) is 32.2 Å². The Bertz CT molecular complexity index is 733. The van der Waals surface area contributed by atoms with E-state index < -0.39 is 0 Å². The number of nitrogens with two attached hydrogens (primary N) is 1. The van der Waals surface area contributed by atoms with Crippen molar-refractivity contribution in [3.8, 4) is 11.5 Å². The van der Waals surface area contributed by atoms with Crippen LogP contribution in [0.25, 0.3) is 0 Å². The van der Waals surface area contributed by atoms with Crippen LogP contribution in [0.5, 0.6) is 11.5 Å². The van der Waals surface area contributed by atoms with Gasteiger partial charge in [0.25, 0.3) is 0 Å². The Hall–Kier alpha value is -2.89. The van der Waals surface area contributed by atoms with Crippen molar-refractivity contribution in [2.75, 3.05) is 42.3 Å². The zero-order chi connectivity index (χ0) is 16.9. The molecule has 0 radical (unpaired) electrons. The molecule has 1 aliphatic rings. The van der Waals surface area contributed by atoms with E-state index in [1.165, 1.54) is 0 Å². The molecule has 3 N–H and O–H groups in total. The molecule has 0 saturated heterocycles. The van der Waals surface area contributed by atoms with Gasteiger partial charge in [0, 0.05) is 5.69 Å². The molecule has 24 heavy (non-hydrogen) atoms. The molecule has 2 aromatic rings. The van der Waals surface area contributed by atoms with Gasteiger partial charge < -0.3 is 25.4 Å². The van der Waals surface area contributed by atoms with Crippen LogP contribution in [0, 0.1) is 0 Å². The highest BCUT2D eigenvalue weighted by atomic mass is 16.5. The monoisotopic (exact) mass is 327 g/mol. The van der Waals surface area contributed by atoms with E-state index in [1.54, 1.807) is 6.07 Å². The first-order valence-corrected chi connectivity index (χ1v) is 7.96. The van der Waals surface area contributed by atoms with Crippen molar-refractivity contribution in [2.45, 2.75) is 6.92 Å². The van der Waals surface area contributed by atoms with Crippen LogP contribution in [0.3, 0.4) is 0 Å². The number of amides is 1. The number of hydrogen-bond acceptors (Lipinski definition) is 5. The zero-order valence-electron chi connectivity index (χ0n) is 13.6. The number of rotatable bonds is 5. The summed E-state index contributed by atoms with van der Waals surface area (Å²) in [4.78, 5) is 14.4. The Kier molecular flexibility index (Phi) is 4.74. The first-order valence-electron chi connectivity index (χ1n) is 7.96. The van der Waals surface area contributed by atoms with Gasteiger partial charge in [-0.05, 0) is 37.3 Å². The molecular weight excluding hydrogens is 306 g/mol. The third kappa shape index (κ3) is 3.53. The van der Waals surface area contributed by atoms with E-state index in [0.717, 1.165) is 11.4 Å². The second-order valence-corrected chi connectivity index (χ2v) is 5.47. The number of benzene rings is 2.